The average molecular weight is 258 g/mol. The van der Waals surface area contributed by atoms with Crippen molar-refractivity contribution in [3.8, 4) is 0 Å². The van der Waals surface area contributed by atoms with Crippen molar-refractivity contribution in [3.05, 3.63) is 65.5 Å². The van der Waals surface area contributed by atoms with Gasteiger partial charge < -0.3 is 5.32 Å². The number of hydrogen-bond acceptors (Lipinski definition) is 2. The molecule has 0 aliphatic rings. The van der Waals surface area contributed by atoms with Gasteiger partial charge in [0, 0.05) is 18.3 Å². The second kappa shape index (κ2) is 5.85. The topological polar surface area (TPSA) is 15.3 Å². The SMILES string of the molecule is CNc1ccc(C(c2ccccc2F)N(C)C)cc1. The first-order valence-electron chi connectivity index (χ1n) is 6.32. The number of benzene rings is 2. The lowest BCUT2D eigenvalue weighted by Gasteiger charge is -2.25. The highest BCUT2D eigenvalue weighted by atomic mass is 19.1. The summed E-state index contributed by atoms with van der Waals surface area (Å²) in [5.74, 6) is -0.168. The van der Waals surface area contributed by atoms with Crippen molar-refractivity contribution in [2.45, 2.75) is 6.04 Å². The Bertz CT molecular complexity index is 535. The molecular formula is C16H19FN2. The summed E-state index contributed by atoms with van der Waals surface area (Å²) < 4.78 is 14.0. The van der Waals surface area contributed by atoms with Gasteiger partial charge in [-0.25, -0.2) is 4.39 Å². The Morgan fingerprint density at radius 3 is 2.16 bits per heavy atom. The molecule has 100 valence electrons. The fraction of sp³-hybridized carbons (Fsp3) is 0.250. The van der Waals surface area contributed by atoms with E-state index in [4.69, 9.17) is 0 Å². The largest absolute Gasteiger partial charge is 0.388 e. The summed E-state index contributed by atoms with van der Waals surface area (Å²) in [6.07, 6.45) is 0. The van der Waals surface area contributed by atoms with E-state index in [1.165, 1.54) is 6.07 Å². The lowest BCUT2D eigenvalue weighted by molar-refractivity contribution is 0.334. The molecule has 0 amide bonds. The maximum Gasteiger partial charge on any atom is 0.128 e. The molecule has 0 aliphatic heterocycles. The van der Waals surface area contributed by atoms with E-state index in [1.807, 2.05) is 62.4 Å². The molecule has 2 rings (SSSR count). The zero-order valence-corrected chi connectivity index (χ0v) is 11.5. The summed E-state index contributed by atoms with van der Waals surface area (Å²) in [6.45, 7) is 0. The van der Waals surface area contributed by atoms with E-state index in [0.29, 0.717) is 5.56 Å². The van der Waals surface area contributed by atoms with Crippen LogP contribution < -0.4 is 5.32 Å². The Kier molecular flexibility index (Phi) is 4.17. The number of rotatable bonds is 4. The molecule has 0 saturated heterocycles. The van der Waals surface area contributed by atoms with Gasteiger partial charge in [-0.05, 0) is 37.9 Å². The van der Waals surface area contributed by atoms with Gasteiger partial charge >= 0.3 is 0 Å². The summed E-state index contributed by atoms with van der Waals surface area (Å²) in [4.78, 5) is 2.02. The van der Waals surface area contributed by atoms with Crippen LogP contribution in [0.1, 0.15) is 17.2 Å². The van der Waals surface area contributed by atoms with Crippen LogP contribution in [0.15, 0.2) is 48.5 Å². The summed E-state index contributed by atoms with van der Waals surface area (Å²) >= 11 is 0. The minimum atomic E-state index is -0.168. The van der Waals surface area contributed by atoms with Crippen LogP contribution in [0.25, 0.3) is 0 Å². The highest BCUT2D eigenvalue weighted by Crippen LogP contribution is 2.29. The highest BCUT2D eigenvalue weighted by Gasteiger charge is 2.19. The Morgan fingerprint density at radius 2 is 1.63 bits per heavy atom. The molecule has 0 spiro atoms. The van der Waals surface area contributed by atoms with Gasteiger partial charge in [0.05, 0.1) is 6.04 Å². The Morgan fingerprint density at radius 1 is 1.00 bits per heavy atom. The van der Waals surface area contributed by atoms with Crippen molar-refractivity contribution in [3.63, 3.8) is 0 Å². The van der Waals surface area contributed by atoms with Crippen molar-refractivity contribution in [1.29, 1.82) is 0 Å². The van der Waals surface area contributed by atoms with Gasteiger partial charge in [0.25, 0.3) is 0 Å². The van der Waals surface area contributed by atoms with Crippen LogP contribution in [0.2, 0.25) is 0 Å². The first-order valence-corrected chi connectivity index (χ1v) is 6.32. The van der Waals surface area contributed by atoms with E-state index in [-0.39, 0.29) is 11.9 Å². The molecule has 0 aromatic heterocycles. The first-order chi connectivity index (χ1) is 9.13. The van der Waals surface area contributed by atoms with E-state index in [0.717, 1.165) is 11.3 Å². The van der Waals surface area contributed by atoms with Gasteiger partial charge in [0.2, 0.25) is 0 Å². The first kappa shape index (κ1) is 13.6. The third kappa shape index (κ3) is 2.93. The van der Waals surface area contributed by atoms with Gasteiger partial charge in [-0.15, -0.1) is 0 Å². The van der Waals surface area contributed by atoms with Gasteiger partial charge in [-0.2, -0.15) is 0 Å². The Balaban J connectivity index is 2.43. The summed E-state index contributed by atoms with van der Waals surface area (Å²) in [5.41, 5.74) is 2.83. The van der Waals surface area contributed by atoms with E-state index in [1.54, 1.807) is 6.07 Å². The zero-order valence-electron chi connectivity index (χ0n) is 11.5. The fourth-order valence-electron chi connectivity index (χ4n) is 2.28. The molecule has 0 radical (unpaired) electrons. The van der Waals surface area contributed by atoms with Crippen molar-refractivity contribution >= 4 is 5.69 Å². The van der Waals surface area contributed by atoms with Gasteiger partial charge in [0.1, 0.15) is 5.82 Å². The lowest BCUT2D eigenvalue weighted by atomic mass is 9.97. The minimum absolute atomic E-state index is 0.0768. The third-order valence-electron chi connectivity index (χ3n) is 3.23. The zero-order chi connectivity index (χ0) is 13.8. The molecule has 1 atom stereocenters. The van der Waals surface area contributed by atoms with Crippen LogP contribution in [0.5, 0.6) is 0 Å². The van der Waals surface area contributed by atoms with Crippen LogP contribution in [-0.4, -0.2) is 26.0 Å². The smallest absolute Gasteiger partial charge is 0.128 e. The van der Waals surface area contributed by atoms with Gasteiger partial charge in [-0.1, -0.05) is 30.3 Å². The van der Waals surface area contributed by atoms with Crippen LogP contribution in [-0.2, 0) is 0 Å². The van der Waals surface area contributed by atoms with E-state index < -0.39 is 0 Å². The molecule has 0 heterocycles. The number of anilines is 1. The number of nitrogens with zero attached hydrogens (tertiary/aromatic N) is 1. The lowest BCUT2D eigenvalue weighted by Crippen LogP contribution is -2.22. The van der Waals surface area contributed by atoms with Crippen LogP contribution in [0, 0.1) is 5.82 Å². The summed E-state index contributed by atoms with van der Waals surface area (Å²) in [7, 11) is 5.81. The molecule has 0 fully saturated rings. The van der Waals surface area contributed by atoms with E-state index in [2.05, 4.69) is 5.32 Å². The normalized spacial score (nSPS) is 12.5. The molecule has 0 saturated carbocycles. The maximum absolute atomic E-state index is 14.0. The number of hydrogen-bond donors (Lipinski definition) is 1. The van der Waals surface area contributed by atoms with Crippen LogP contribution in [0.4, 0.5) is 10.1 Å². The predicted octanol–water partition coefficient (Wildman–Crippen LogP) is 3.52. The van der Waals surface area contributed by atoms with Crippen LogP contribution in [0.3, 0.4) is 0 Å². The molecule has 3 heteroatoms. The summed E-state index contributed by atoms with van der Waals surface area (Å²) in [6, 6.07) is 14.9. The Hall–Kier alpha value is -1.87. The number of halogens is 1. The summed E-state index contributed by atoms with van der Waals surface area (Å²) in [5, 5.41) is 3.09. The third-order valence-corrected chi connectivity index (χ3v) is 3.23. The maximum atomic E-state index is 14.0. The molecule has 2 aromatic carbocycles. The highest BCUT2D eigenvalue weighted by molar-refractivity contribution is 5.46. The van der Waals surface area contributed by atoms with Crippen molar-refractivity contribution < 1.29 is 4.39 Å². The van der Waals surface area contributed by atoms with Crippen molar-refractivity contribution in [1.82, 2.24) is 4.90 Å². The molecule has 2 nitrogen and oxygen atoms in total. The van der Waals surface area contributed by atoms with E-state index >= 15 is 0 Å². The second-order valence-electron chi connectivity index (χ2n) is 4.76. The van der Waals surface area contributed by atoms with Gasteiger partial charge in [0.15, 0.2) is 0 Å². The molecule has 1 N–H and O–H groups in total. The van der Waals surface area contributed by atoms with Crippen molar-refractivity contribution in [2.75, 3.05) is 26.5 Å². The average Bonchev–Trinajstić information content (AvgIpc) is 2.42. The second-order valence-corrected chi connectivity index (χ2v) is 4.76. The monoisotopic (exact) mass is 258 g/mol. The number of nitrogens with one attached hydrogen (secondary N) is 1. The molecule has 0 bridgehead atoms. The molecule has 19 heavy (non-hydrogen) atoms. The quantitative estimate of drug-likeness (QED) is 0.902. The fourth-order valence-corrected chi connectivity index (χ4v) is 2.28. The molecule has 2 aromatic rings. The van der Waals surface area contributed by atoms with Crippen LogP contribution >= 0.6 is 0 Å². The molecule has 0 aliphatic carbocycles. The Labute approximate surface area is 113 Å². The molecular weight excluding hydrogens is 239 g/mol. The predicted molar refractivity (Wildman–Crippen MR) is 77.9 cm³/mol. The minimum Gasteiger partial charge on any atom is -0.388 e. The van der Waals surface area contributed by atoms with Gasteiger partial charge in [-0.3, -0.25) is 4.90 Å². The van der Waals surface area contributed by atoms with Crippen molar-refractivity contribution in [2.24, 2.45) is 0 Å². The standard InChI is InChI=1S/C16H19FN2/c1-18-13-10-8-12(9-11-13)16(19(2)3)14-6-4-5-7-15(14)17/h4-11,16,18H,1-3H3. The van der Waals surface area contributed by atoms with E-state index in [9.17, 15) is 4.39 Å². The molecule has 1 unspecified atom stereocenters.